The SMILES string of the molecule is COC(=O)C(C)(C)[C@@H](N)c1ccccc1C#N. The number of rotatable bonds is 3. The van der Waals surface area contributed by atoms with Crippen LogP contribution in [0, 0.1) is 16.7 Å². The van der Waals surface area contributed by atoms with E-state index in [-0.39, 0.29) is 0 Å². The van der Waals surface area contributed by atoms with Gasteiger partial charge in [0.2, 0.25) is 0 Å². The van der Waals surface area contributed by atoms with E-state index in [0.717, 1.165) is 0 Å². The van der Waals surface area contributed by atoms with E-state index in [4.69, 9.17) is 15.7 Å². The first-order valence-corrected chi connectivity index (χ1v) is 5.28. The van der Waals surface area contributed by atoms with Crippen molar-refractivity contribution in [3.8, 4) is 6.07 Å². The van der Waals surface area contributed by atoms with Crippen LogP contribution in [0.3, 0.4) is 0 Å². The second kappa shape index (κ2) is 4.98. The van der Waals surface area contributed by atoms with E-state index in [0.29, 0.717) is 11.1 Å². The van der Waals surface area contributed by atoms with Crippen LogP contribution in [0.4, 0.5) is 0 Å². The number of nitriles is 1. The lowest BCUT2D eigenvalue weighted by atomic mass is 9.79. The second-order valence-corrected chi connectivity index (χ2v) is 4.39. The quantitative estimate of drug-likeness (QED) is 0.805. The number of esters is 1. The van der Waals surface area contributed by atoms with Crippen molar-refractivity contribution in [3.05, 3.63) is 35.4 Å². The minimum Gasteiger partial charge on any atom is -0.469 e. The molecule has 0 saturated carbocycles. The molecule has 1 atom stereocenters. The molecule has 17 heavy (non-hydrogen) atoms. The van der Waals surface area contributed by atoms with Crippen LogP contribution in [-0.4, -0.2) is 13.1 Å². The van der Waals surface area contributed by atoms with Crippen molar-refractivity contribution in [2.24, 2.45) is 11.1 Å². The molecule has 0 heterocycles. The van der Waals surface area contributed by atoms with Gasteiger partial charge in [-0.15, -0.1) is 0 Å². The molecule has 0 aliphatic carbocycles. The van der Waals surface area contributed by atoms with Gasteiger partial charge in [0.25, 0.3) is 0 Å². The summed E-state index contributed by atoms with van der Waals surface area (Å²) in [6, 6.07) is 8.50. The normalized spacial score (nSPS) is 12.6. The van der Waals surface area contributed by atoms with Gasteiger partial charge in [0.1, 0.15) is 0 Å². The Bertz CT molecular complexity index is 461. The fraction of sp³-hybridized carbons (Fsp3) is 0.385. The summed E-state index contributed by atoms with van der Waals surface area (Å²) in [6.45, 7) is 3.41. The molecule has 1 rings (SSSR count). The highest BCUT2D eigenvalue weighted by molar-refractivity contribution is 5.77. The van der Waals surface area contributed by atoms with E-state index in [1.165, 1.54) is 7.11 Å². The third-order valence-corrected chi connectivity index (χ3v) is 2.91. The van der Waals surface area contributed by atoms with Crippen molar-refractivity contribution in [1.29, 1.82) is 5.26 Å². The number of carbonyl (C=O) groups excluding carboxylic acids is 1. The van der Waals surface area contributed by atoms with Gasteiger partial charge in [-0.25, -0.2) is 0 Å². The highest BCUT2D eigenvalue weighted by Gasteiger charge is 2.37. The maximum absolute atomic E-state index is 11.7. The molecule has 0 amide bonds. The second-order valence-electron chi connectivity index (χ2n) is 4.39. The lowest BCUT2D eigenvalue weighted by Crippen LogP contribution is -2.37. The zero-order chi connectivity index (χ0) is 13.1. The van der Waals surface area contributed by atoms with Crippen molar-refractivity contribution in [2.75, 3.05) is 7.11 Å². The van der Waals surface area contributed by atoms with Crippen LogP contribution in [0.5, 0.6) is 0 Å². The molecule has 0 aromatic heterocycles. The average Bonchev–Trinajstić information content (AvgIpc) is 2.36. The summed E-state index contributed by atoms with van der Waals surface area (Å²) >= 11 is 0. The zero-order valence-corrected chi connectivity index (χ0v) is 10.2. The summed E-state index contributed by atoms with van der Waals surface area (Å²) in [5.41, 5.74) is 6.34. The van der Waals surface area contributed by atoms with E-state index >= 15 is 0 Å². The van der Waals surface area contributed by atoms with Crippen molar-refractivity contribution in [1.82, 2.24) is 0 Å². The summed E-state index contributed by atoms with van der Waals surface area (Å²) in [5.74, 6) is -0.391. The van der Waals surface area contributed by atoms with E-state index in [1.54, 1.807) is 38.1 Å². The van der Waals surface area contributed by atoms with Crippen LogP contribution in [0.2, 0.25) is 0 Å². The average molecular weight is 232 g/mol. The van der Waals surface area contributed by atoms with Gasteiger partial charge >= 0.3 is 5.97 Å². The summed E-state index contributed by atoms with van der Waals surface area (Å²) in [7, 11) is 1.33. The zero-order valence-electron chi connectivity index (χ0n) is 10.2. The third-order valence-electron chi connectivity index (χ3n) is 2.91. The summed E-state index contributed by atoms with van der Waals surface area (Å²) < 4.78 is 4.73. The Morgan fingerprint density at radius 2 is 2.06 bits per heavy atom. The van der Waals surface area contributed by atoms with Crippen LogP contribution >= 0.6 is 0 Å². The predicted molar refractivity (Wildman–Crippen MR) is 63.9 cm³/mol. The number of benzene rings is 1. The molecule has 0 radical (unpaired) electrons. The van der Waals surface area contributed by atoms with Gasteiger partial charge in [0, 0.05) is 6.04 Å². The fourth-order valence-electron chi connectivity index (χ4n) is 1.65. The molecule has 4 nitrogen and oxygen atoms in total. The number of ether oxygens (including phenoxy) is 1. The molecule has 0 aliphatic rings. The highest BCUT2D eigenvalue weighted by Crippen LogP contribution is 2.33. The lowest BCUT2D eigenvalue weighted by Gasteiger charge is -2.29. The topological polar surface area (TPSA) is 76.1 Å². The maximum atomic E-state index is 11.7. The van der Waals surface area contributed by atoms with Crippen LogP contribution < -0.4 is 5.73 Å². The molecule has 90 valence electrons. The minimum absolute atomic E-state index is 0.391. The Kier molecular flexibility index (Phi) is 3.87. The third kappa shape index (κ3) is 2.45. The van der Waals surface area contributed by atoms with Crippen molar-refractivity contribution >= 4 is 5.97 Å². The summed E-state index contributed by atoms with van der Waals surface area (Å²) in [6.07, 6.45) is 0. The molecular formula is C13H16N2O2. The number of nitrogens with zero attached hydrogens (tertiary/aromatic N) is 1. The van der Waals surface area contributed by atoms with Gasteiger partial charge in [-0.05, 0) is 25.5 Å². The number of methoxy groups -OCH3 is 1. The largest absolute Gasteiger partial charge is 0.469 e. The smallest absolute Gasteiger partial charge is 0.313 e. The molecule has 0 saturated heterocycles. The number of hydrogen-bond donors (Lipinski definition) is 1. The molecule has 0 aliphatic heterocycles. The van der Waals surface area contributed by atoms with Gasteiger partial charge in [0.05, 0.1) is 24.2 Å². The Hall–Kier alpha value is -1.86. The van der Waals surface area contributed by atoms with E-state index in [9.17, 15) is 4.79 Å². The molecule has 0 spiro atoms. The predicted octanol–water partition coefficient (Wildman–Crippen LogP) is 1.76. The maximum Gasteiger partial charge on any atom is 0.313 e. The van der Waals surface area contributed by atoms with E-state index < -0.39 is 17.4 Å². The molecule has 2 N–H and O–H groups in total. The van der Waals surface area contributed by atoms with Crippen LogP contribution in [-0.2, 0) is 9.53 Å². The van der Waals surface area contributed by atoms with Gasteiger partial charge in [-0.3, -0.25) is 4.79 Å². The molecule has 0 fully saturated rings. The highest BCUT2D eigenvalue weighted by atomic mass is 16.5. The standard InChI is InChI=1S/C13H16N2O2/c1-13(2,12(16)17-3)11(15)10-7-5-4-6-9(10)8-14/h4-7,11H,15H2,1-3H3/t11-/m0/s1. The Morgan fingerprint density at radius 3 is 2.59 bits per heavy atom. The Morgan fingerprint density at radius 1 is 1.47 bits per heavy atom. The Labute approximate surface area is 101 Å². The first kappa shape index (κ1) is 13.2. The van der Waals surface area contributed by atoms with Gasteiger partial charge < -0.3 is 10.5 Å². The molecule has 0 unspecified atom stereocenters. The molecular weight excluding hydrogens is 216 g/mol. The van der Waals surface area contributed by atoms with E-state index in [1.807, 2.05) is 0 Å². The minimum atomic E-state index is -0.873. The van der Waals surface area contributed by atoms with Crippen LogP contribution in [0.15, 0.2) is 24.3 Å². The number of nitrogens with two attached hydrogens (primary N) is 1. The van der Waals surface area contributed by atoms with E-state index in [2.05, 4.69) is 6.07 Å². The monoisotopic (exact) mass is 232 g/mol. The van der Waals surface area contributed by atoms with Crippen molar-refractivity contribution < 1.29 is 9.53 Å². The van der Waals surface area contributed by atoms with Crippen molar-refractivity contribution in [2.45, 2.75) is 19.9 Å². The number of carbonyl (C=O) groups is 1. The molecule has 1 aromatic carbocycles. The molecule has 4 heteroatoms. The summed E-state index contributed by atoms with van der Waals surface area (Å²) in [4.78, 5) is 11.7. The lowest BCUT2D eigenvalue weighted by molar-refractivity contribution is -0.152. The summed E-state index contributed by atoms with van der Waals surface area (Å²) in [5, 5.41) is 9.01. The Balaban J connectivity index is 3.17. The van der Waals surface area contributed by atoms with Crippen LogP contribution in [0.25, 0.3) is 0 Å². The first-order chi connectivity index (χ1) is 7.95. The van der Waals surface area contributed by atoms with Gasteiger partial charge in [-0.2, -0.15) is 5.26 Å². The number of hydrogen-bond acceptors (Lipinski definition) is 4. The van der Waals surface area contributed by atoms with Crippen molar-refractivity contribution in [3.63, 3.8) is 0 Å². The van der Waals surface area contributed by atoms with Gasteiger partial charge in [-0.1, -0.05) is 18.2 Å². The molecule has 0 bridgehead atoms. The fourth-order valence-corrected chi connectivity index (χ4v) is 1.65. The first-order valence-electron chi connectivity index (χ1n) is 5.28. The molecule has 1 aromatic rings. The van der Waals surface area contributed by atoms with Crippen LogP contribution in [0.1, 0.15) is 31.0 Å². The van der Waals surface area contributed by atoms with Gasteiger partial charge in [0.15, 0.2) is 0 Å².